The van der Waals surface area contributed by atoms with Gasteiger partial charge in [-0.1, -0.05) is 0 Å². The van der Waals surface area contributed by atoms with Gasteiger partial charge in [0.25, 0.3) is 0 Å². The van der Waals surface area contributed by atoms with Crippen LogP contribution in [-0.2, 0) is 9.59 Å². The Morgan fingerprint density at radius 3 is 2.00 bits per heavy atom. The highest BCUT2D eigenvalue weighted by Gasteiger charge is 2.51. The number of carbonyl (C=O) groups is 2. The number of ketones is 1. The Morgan fingerprint density at radius 2 is 1.79 bits per heavy atom. The van der Waals surface area contributed by atoms with Gasteiger partial charge >= 0.3 is 5.97 Å². The molecule has 0 saturated carbocycles. The fraction of sp³-hybridized carbons (Fsp3) is 0.714. The van der Waals surface area contributed by atoms with Crippen molar-refractivity contribution in [3.05, 3.63) is 0 Å². The van der Waals surface area contributed by atoms with Crippen molar-refractivity contribution < 1.29 is 35.1 Å². The van der Waals surface area contributed by atoms with E-state index in [-0.39, 0.29) is 0 Å². The molecule has 0 aliphatic carbocycles. The van der Waals surface area contributed by atoms with Gasteiger partial charge in [0.15, 0.2) is 5.78 Å². The van der Waals surface area contributed by atoms with Gasteiger partial charge in [-0.05, 0) is 6.92 Å². The minimum atomic E-state index is -3.10. The van der Waals surface area contributed by atoms with Gasteiger partial charge < -0.3 is 25.5 Å². The van der Waals surface area contributed by atoms with Crippen molar-refractivity contribution in [3.63, 3.8) is 0 Å². The normalized spacial score (nSPS) is 19.5. The van der Waals surface area contributed by atoms with E-state index in [0.29, 0.717) is 0 Å². The Morgan fingerprint density at radius 1 is 1.36 bits per heavy atom. The minimum absolute atomic E-state index is 0.751. The van der Waals surface area contributed by atoms with Crippen LogP contribution in [0.25, 0.3) is 0 Å². The third kappa shape index (κ3) is 2.07. The molecule has 7 heteroatoms. The van der Waals surface area contributed by atoms with Crippen LogP contribution in [0.5, 0.6) is 0 Å². The quantitative estimate of drug-likeness (QED) is 0.306. The molecule has 0 bridgehead atoms. The average Bonchev–Trinajstić information content (AvgIpc) is 2.13. The number of aliphatic hydroxyl groups is 4. The average molecular weight is 208 g/mol. The van der Waals surface area contributed by atoms with Crippen molar-refractivity contribution in [2.24, 2.45) is 0 Å². The van der Waals surface area contributed by atoms with Crippen molar-refractivity contribution in [3.8, 4) is 0 Å². The topological polar surface area (TPSA) is 135 Å². The number of aliphatic carboxylic acids is 1. The molecular weight excluding hydrogens is 196 g/mol. The molecule has 5 N–H and O–H groups in total. The van der Waals surface area contributed by atoms with Crippen molar-refractivity contribution in [1.29, 1.82) is 0 Å². The SMILES string of the molecule is CC(=O)[C@](O)(C(=O)O)[C@H](O)[C@H](O)CO. The number of carboxylic acids is 1. The van der Waals surface area contributed by atoms with Crippen LogP contribution >= 0.6 is 0 Å². The maximum Gasteiger partial charge on any atom is 0.346 e. The standard InChI is InChI=1S/C7H12O7/c1-3(9)7(14,6(12)13)5(11)4(10)2-8/h4-5,8,10-11,14H,2H2,1H3,(H,12,13)/t4-,5-,7-/m1/s1. The number of hydrogen-bond donors (Lipinski definition) is 5. The molecule has 0 amide bonds. The molecule has 0 radical (unpaired) electrons. The Balaban J connectivity index is 5.02. The lowest BCUT2D eigenvalue weighted by Crippen LogP contribution is -2.59. The van der Waals surface area contributed by atoms with Gasteiger partial charge in [-0.25, -0.2) is 4.79 Å². The zero-order valence-corrected chi connectivity index (χ0v) is 7.41. The smallest absolute Gasteiger partial charge is 0.346 e. The molecular formula is C7H12O7. The molecule has 0 aromatic heterocycles. The predicted octanol–water partition coefficient (Wildman–Crippen LogP) is -2.89. The maximum atomic E-state index is 10.8. The summed E-state index contributed by atoms with van der Waals surface area (Å²) in [4.78, 5) is 21.3. The number of carboxylic acid groups (broad SMARTS) is 1. The Labute approximate surface area is 79.2 Å². The Hall–Kier alpha value is -1.02. The van der Waals surface area contributed by atoms with Crippen LogP contribution in [0.15, 0.2) is 0 Å². The molecule has 7 nitrogen and oxygen atoms in total. The van der Waals surface area contributed by atoms with Gasteiger partial charge in [-0.15, -0.1) is 0 Å². The Kier molecular flexibility index (Phi) is 4.14. The number of hydrogen-bond acceptors (Lipinski definition) is 6. The Bertz CT molecular complexity index is 222. The van der Waals surface area contributed by atoms with E-state index in [2.05, 4.69) is 0 Å². The molecule has 0 fully saturated rings. The molecule has 0 rings (SSSR count). The summed E-state index contributed by atoms with van der Waals surface area (Å²) >= 11 is 0. The van der Waals surface area contributed by atoms with Gasteiger partial charge in [0.2, 0.25) is 5.60 Å². The molecule has 0 aliphatic heterocycles. The van der Waals surface area contributed by atoms with Crippen LogP contribution in [0.1, 0.15) is 6.92 Å². The van der Waals surface area contributed by atoms with Crippen LogP contribution < -0.4 is 0 Å². The monoisotopic (exact) mass is 208 g/mol. The second-order valence-electron chi connectivity index (χ2n) is 2.82. The molecule has 0 aromatic rings. The van der Waals surface area contributed by atoms with E-state index < -0.39 is 36.2 Å². The van der Waals surface area contributed by atoms with E-state index in [1.165, 1.54) is 0 Å². The zero-order chi connectivity index (χ0) is 11.5. The van der Waals surface area contributed by atoms with Crippen molar-refractivity contribution in [2.45, 2.75) is 24.7 Å². The third-order valence-electron chi connectivity index (χ3n) is 1.84. The van der Waals surface area contributed by atoms with Crippen LogP contribution in [0.4, 0.5) is 0 Å². The molecule has 0 unspecified atom stereocenters. The molecule has 82 valence electrons. The fourth-order valence-corrected chi connectivity index (χ4v) is 0.864. The van der Waals surface area contributed by atoms with E-state index >= 15 is 0 Å². The van der Waals surface area contributed by atoms with Crippen LogP contribution in [0.2, 0.25) is 0 Å². The van der Waals surface area contributed by atoms with E-state index in [1.807, 2.05) is 0 Å². The maximum absolute atomic E-state index is 10.8. The summed E-state index contributed by atoms with van der Waals surface area (Å²) < 4.78 is 0. The first-order chi connectivity index (χ1) is 6.28. The van der Waals surface area contributed by atoms with Gasteiger partial charge in [0, 0.05) is 0 Å². The minimum Gasteiger partial charge on any atom is -0.479 e. The number of Topliss-reactive ketones (excluding diaryl/α,β-unsaturated/α-hetero) is 1. The molecule has 0 aromatic carbocycles. The largest absolute Gasteiger partial charge is 0.479 e. The zero-order valence-electron chi connectivity index (χ0n) is 7.41. The molecule has 0 heterocycles. The molecule has 3 atom stereocenters. The second-order valence-corrected chi connectivity index (χ2v) is 2.82. The van der Waals surface area contributed by atoms with E-state index in [4.69, 9.17) is 20.4 Å². The lowest BCUT2D eigenvalue weighted by atomic mass is 9.89. The van der Waals surface area contributed by atoms with Gasteiger partial charge in [0.1, 0.15) is 12.2 Å². The summed E-state index contributed by atoms with van der Waals surface area (Å²) in [7, 11) is 0. The lowest BCUT2D eigenvalue weighted by Gasteiger charge is -2.28. The van der Waals surface area contributed by atoms with E-state index in [1.54, 1.807) is 0 Å². The van der Waals surface area contributed by atoms with Crippen molar-refractivity contribution >= 4 is 11.8 Å². The van der Waals surface area contributed by atoms with Crippen LogP contribution in [-0.4, -0.2) is 61.7 Å². The highest BCUT2D eigenvalue weighted by Crippen LogP contribution is 2.16. The van der Waals surface area contributed by atoms with Gasteiger partial charge in [-0.3, -0.25) is 4.79 Å². The highest BCUT2D eigenvalue weighted by atomic mass is 16.4. The predicted molar refractivity (Wildman–Crippen MR) is 42.4 cm³/mol. The van der Waals surface area contributed by atoms with Crippen molar-refractivity contribution in [2.75, 3.05) is 6.61 Å². The number of aliphatic hydroxyl groups excluding tert-OH is 3. The highest BCUT2D eigenvalue weighted by molar-refractivity contribution is 6.05. The summed E-state index contributed by atoms with van der Waals surface area (Å²) in [5.74, 6) is -3.21. The fourth-order valence-electron chi connectivity index (χ4n) is 0.864. The lowest BCUT2D eigenvalue weighted by molar-refractivity contribution is -0.186. The van der Waals surface area contributed by atoms with E-state index in [9.17, 15) is 14.7 Å². The third-order valence-corrected chi connectivity index (χ3v) is 1.84. The number of rotatable bonds is 5. The first kappa shape index (κ1) is 13.0. The summed E-state index contributed by atoms with van der Waals surface area (Å²) in [6, 6.07) is 0. The van der Waals surface area contributed by atoms with Crippen LogP contribution in [0.3, 0.4) is 0 Å². The summed E-state index contributed by atoms with van der Waals surface area (Å²) in [6.45, 7) is -0.217. The molecule has 0 aliphatic rings. The summed E-state index contributed by atoms with van der Waals surface area (Å²) in [5, 5.41) is 44.2. The number of carbonyl (C=O) groups excluding carboxylic acids is 1. The van der Waals surface area contributed by atoms with Gasteiger partial charge in [0.05, 0.1) is 6.61 Å². The summed E-state index contributed by atoms with van der Waals surface area (Å²) in [5.41, 5.74) is -3.10. The van der Waals surface area contributed by atoms with Crippen molar-refractivity contribution in [1.82, 2.24) is 0 Å². The van der Waals surface area contributed by atoms with Gasteiger partial charge in [-0.2, -0.15) is 0 Å². The molecule has 0 saturated heterocycles. The molecule has 14 heavy (non-hydrogen) atoms. The van der Waals surface area contributed by atoms with Crippen LogP contribution in [0, 0.1) is 0 Å². The first-order valence-electron chi connectivity index (χ1n) is 3.72. The van der Waals surface area contributed by atoms with E-state index in [0.717, 1.165) is 6.92 Å². The first-order valence-corrected chi connectivity index (χ1v) is 3.72. The molecule has 0 spiro atoms. The summed E-state index contributed by atoms with van der Waals surface area (Å²) in [6.07, 6.45) is -4.18. The second kappa shape index (κ2) is 4.47.